The Hall–Kier alpha value is -1.51. The van der Waals surface area contributed by atoms with Gasteiger partial charge >= 0.3 is 5.97 Å². The zero-order valence-electron chi connectivity index (χ0n) is 11.1. The van der Waals surface area contributed by atoms with Crippen molar-refractivity contribution >= 4 is 28.3 Å². The van der Waals surface area contributed by atoms with Crippen LogP contribution in [0.3, 0.4) is 0 Å². The van der Waals surface area contributed by atoms with Crippen molar-refractivity contribution < 1.29 is 14.7 Å². The van der Waals surface area contributed by atoms with Gasteiger partial charge in [-0.25, -0.2) is 4.98 Å². The second-order valence-electron chi connectivity index (χ2n) is 4.69. The highest BCUT2D eigenvalue weighted by atomic mass is 32.1. The molecule has 1 saturated heterocycles. The third-order valence-corrected chi connectivity index (χ3v) is 3.77. The van der Waals surface area contributed by atoms with Gasteiger partial charge in [-0.1, -0.05) is 0 Å². The summed E-state index contributed by atoms with van der Waals surface area (Å²) in [5, 5.41) is 14.0. The Labute approximate surface area is 121 Å². The summed E-state index contributed by atoms with van der Waals surface area (Å²) in [7, 11) is 0. The van der Waals surface area contributed by atoms with E-state index in [1.165, 1.54) is 11.3 Å². The lowest BCUT2D eigenvalue weighted by Crippen LogP contribution is -2.37. The summed E-state index contributed by atoms with van der Waals surface area (Å²) < 4.78 is 0. The van der Waals surface area contributed by atoms with Crippen molar-refractivity contribution in [3.05, 3.63) is 11.6 Å². The lowest BCUT2D eigenvalue weighted by Gasteiger charge is -2.19. The van der Waals surface area contributed by atoms with Gasteiger partial charge in [0, 0.05) is 31.2 Å². The van der Waals surface area contributed by atoms with E-state index in [0.717, 1.165) is 19.5 Å². The number of aliphatic carboxylic acids is 1. The number of anilines is 1. The summed E-state index contributed by atoms with van der Waals surface area (Å²) in [4.78, 5) is 30.5. The number of hydrogen-bond donors (Lipinski definition) is 2. The zero-order valence-corrected chi connectivity index (χ0v) is 11.9. The van der Waals surface area contributed by atoms with Gasteiger partial charge in [-0.05, 0) is 13.0 Å². The van der Waals surface area contributed by atoms with E-state index in [2.05, 4.69) is 10.3 Å². The van der Waals surface area contributed by atoms with Crippen molar-refractivity contribution in [1.82, 2.24) is 14.8 Å². The molecule has 0 aliphatic carbocycles. The van der Waals surface area contributed by atoms with E-state index in [1.807, 2.05) is 15.2 Å². The van der Waals surface area contributed by atoms with E-state index < -0.39 is 5.97 Å². The van der Waals surface area contributed by atoms with Gasteiger partial charge in [0.2, 0.25) is 5.91 Å². The van der Waals surface area contributed by atoms with Gasteiger partial charge in [-0.2, -0.15) is 0 Å². The standard InChI is InChI=1S/C12H18N4O3S/c17-10(14-12-13-2-7-20-12)8-15-3-1-4-16(6-5-15)9-11(18)19/h2,7H,1,3-6,8-9H2,(H,18,19)(H,13,14,17). The Morgan fingerprint density at radius 1 is 1.25 bits per heavy atom. The summed E-state index contributed by atoms with van der Waals surface area (Å²) in [5.41, 5.74) is 0. The minimum atomic E-state index is -0.806. The molecule has 0 radical (unpaired) electrons. The molecule has 1 aliphatic rings. The molecule has 0 spiro atoms. The number of carbonyl (C=O) groups is 2. The summed E-state index contributed by atoms with van der Waals surface area (Å²) in [6.07, 6.45) is 2.52. The number of carboxylic acid groups (broad SMARTS) is 1. The zero-order chi connectivity index (χ0) is 14.4. The third kappa shape index (κ3) is 4.87. The number of nitrogens with zero attached hydrogens (tertiary/aromatic N) is 3. The first-order valence-corrected chi connectivity index (χ1v) is 7.37. The van der Waals surface area contributed by atoms with Gasteiger partial charge < -0.3 is 10.4 Å². The minimum absolute atomic E-state index is 0.0686. The Morgan fingerprint density at radius 2 is 1.95 bits per heavy atom. The number of rotatable bonds is 5. The Bertz CT molecular complexity index is 452. The normalized spacial score (nSPS) is 17.6. The van der Waals surface area contributed by atoms with Gasteiger partial charge in [0.15, 0.2) is 5.13 Å². The monoisotopic (exact) mass is 298 g/mol. The van der Waals surface area contributed by atoms with Crippen LogP contribution in [0.25, 0.3) is 0 Å². The van der Waals surface area contributed by atoms with Crippen molar-refractivity contribution in [2.75, 3.05) is 44.6 Å². The SMILES string of the molecule is O=C(O)CN1CCCN(CC(=O)Nc2nccs2)CC1. The third-order valence-electron chi connectivity index (χ3n) is 3.09. The van der Waals surface area contributed by atoms with E-state index in [0.29, 0.717) is 24.8 Å². The topological polar surface area (TPSA) is 85.8 Å². The van der Waals surface area contributed by atoms with Crippen LogP contribution in [0.5, 0.6) is 0 Å². The fourth-order valence-corrected chi connectivity index (χ4v) is 2.72. The van der Waals surface area contributed by atoms with Crippen molar-refractivity contribution in [3.8, 4) is 0 Å². The second kappa shape index (κ2) is 7.32. The highest BCUT2D eigenvalue weighted by Crippen LogP contribution is 2.10. The minimum Gasteiger partial charge on any atom is -0.480 e. The van der Waals surface area contributed by atoms with Crippen LogP contribution in [0.4, 0.5) is 5.13 Å². The van der Waals surface area contributed by atoms with E-state index in [1.54, 1.807) is 6.20 Å². The van der Waals surface area contributed by atoms with Gasteiger partial charge in [0.05, 0.1) is 13.1 Å². The van der Waals surface area contributed by atoms with Crippen molar-refractivity contribution in [2.24, 2.45) is 0 Å². The molecule has 1 fully saturated rings. The molecule has 0 saturated carbocycles. The molecular formula is C12H18N4O3S. The predicted molar refractivity (Wildman–Crippen MR) is 75.9 cm³/mol. The molecule has 1 aromatic rings. The summed E-state index contributed by atoms with van der Waals surface area (Å²) >= 11 is 1.39. The first-order valence-electron chi connectivity index (χ1n) is 6.49. The molecule has 2 N–H and O–H groups in total. The van der Waals surface area contributed by atoms with Crippen molar-refractivity contribution in [3.63, 3.8) is 0 Å². The number of carbonyl (C=O) groups excluding carboxylic acids is 1. The van der Waals surface area contributed by atoms with E-state index in [9.17, 15) is 9.59 Å². The van der Waals surface area contributed by atoms with Gasteiger partial charge in [-0.3, -0.25) is 19.4 Å². The number of carboxylic acids is 1. The van der Waals surface area contributed by atoms with Crippen LogP contribution < -0.4 is 5.32 Å². The lowest BCUT2D eigenvalue weighted by atomic mass is 10.3. The second-order valence-corrected chi connectivity index (χ2v) is 5.58. The number of thiazole rings is 1. The largest absolute Gasteiger partial charge is 0.480 e. The molecule has 7 nitrogen and oxygen atoms in total. The van der Waals surface area contributed by atoms with Crippen LogP contribution in [-0.4, -0.2) is 71.0 Å². The molecule has 0 atom stereocenters. The molecule has 20 heavy (non-hydrogen) atoms. The molecule has 2 heterocycles. The van der Waals surface area contributed by atoms with E-state index >= 15 is 0 Å². The molecule has 8 heteroatoms. The van der Waals surface area contributed by atoms with E-state index in [4.69, 9.17) is 5.11 Å². The first kappa shape index (κ1) is 14.9. The number of hydrogen-bond acceptors (Lipinski definition) is 6. The Balaban J connectivity index is 1.76. The number of aromatic nitrogens is 1. The average Bonchev–Trinajstić information content (AvgIpc) is 2.78. The fourth-order valence-electron chi connectivity index (χ4n) is 2.18. The highest BCUT2D eigenvalue weighted by Gasteiger charge is 2.18. The number of nitrogens with one attached hydrogen (secondary N) is 1. The van der Waals surface area contributed by atoms with Crippen LogP contribution in [0.1, 0.15) is 6.42 Å². The molecule has 1 aromatic heterocycles. The Morgan fingerprint density at radius 3 is 2.55 bits per heavy atom. The molecule has 1 amide bonds. The van der Waals surface area contributed by atoms with Crippen molar-refractivity contribution in [2.45, 2.75) is 6.42 Å². The average molecular weight is 298 g/mol. The molecule has 1 aliphatic heterocycles. The van der Waals surface area contributed by atoms with Gasteiger partial charge in [-0.15, -0.1) is 11.3 Å². The van der Waals surface area contributed by atoms with Crippen LogP contribution >= 0.6 is 11.3 Å². The van der Waals surface area contributed by atoms with E-state index in [-0.39, 0.29) is 12.5 Å². The molecule has 0 bridgehead atoms. The maximum absolute atomic E-state index is 11.9. The highest BCUT2D eigenvalue weighted by molar-refractivity contribution is 7.13. The lowest BCUT2D eigenvalue weighted by molar-refractivity contribution is -0.138. The van der Waals surface area contributed by atoms with Crippen LogP contribution in [0, 0.1) is 0 Å². The molecular weight excluding hydrogens is 280 g/mol. The smallest absolute Gasteiger partial charge is 0.317 e. The fraction of sp³-hybridized carbons (Fsp3) is 0.583. The first-order chi connectivity index (χ1) is 9.63. The molecule has 0 unspecified atom stereocenters. The summed E-state index contributed by atoms with van der Waals surface area (Å²) in [5.74, 6) is -0.883. The van der Waals surface area contributed by atoms with Crippen molar-refractivity contribution in [1.29, 1.82) is 0 Å². The number of amides is 1. The van der Waals surface area contributed by atoms with Crippen LogP contribution in [0.15, 0.2) is 11.6 Å². The Kier molecular flexibility index (Phi) is 5.45. The molecule has 2 rings (SSSR count). The summed E-state index contributed by atoms with van der Waals surface area (Å²) in [6.45, 7) is 3.34. The maximum atomic E-state index is 11.9. The quantitative estimate of drug-likeness (QED) is 0.806. The summed E-state index contributed by atoms with van der Waals surface area (Å²) in [6, 6.07) is 0. The predicted octanol–water partition coefficient (Wildman–Crippen LogP) is 0.174. The molecule has 0 aromatic carbocycles. The van der Waals surface area contributed by atoms with Gasteiger partial charge in [0.25, 0.3) is 0 Å². The van der Waals surface area contributed by atoms with Crippen LogP contribution in [0.2, 0.25) is 0 Å². The maximum Gasteiger partial charge on any atom is 0.317 e. The molecule has 110 valence electrons. The van der Waals surface area contributed by atoms with Gasteiger partial charge in [0.1, 0.15) is 0 Å². The van der Waals surface area contributed by atoms with Crippen LogP contribution in [-0.2, 0) is 9.59 Å².